The maximum atomic E-state index is 12.9. The number of phosphoric ester groups is 1. The summed E-state index contributed by atoms with van der Waals surface area (Å²) in [6.07, 6.45) is 53.3. The van der Waals surface area contributed by atoms with Gasteiger partial charge in [0.25, 0.3) is 0 Å². The SMILES string of the molecule is CC/C=C\C/C=C\C/C=C\CCCCCCCCCC(=O)OCC(COP(=O)(O)OCC(CO)OC(=O)CCCCCCCCCCCCC)OC(=O)CCCCCCC/C=C\C/C=C\CCC. The van der Waals surface area contributed by atoms with Gasteiger partial charge in [-0.1, -0.05) is 204 Å². The van der Waals surface area contributed by atoms with E-state index in [1.165, 1.54) is 57.8 Å². The smallest absolute Gasteiger partial charge is 0.462 e. The first-order valence-electron chi connectivity index (χ1n) is 27.2. The highest BCUT2D eigenvalue weighted by Gasteiger charge is 2.28. The van der Waals surface area contributed by atoms with Crippen molar-refractivity contribution in [3.8, 4) is 0 Å². The number of hydrogen-bond acceptors (Lipinski definition) is 10. The van der Waals surface area contributed by atoms with Gasteiger partial charge in [0.15, 0.2) is 6.10 Å². The lowest BCUT2D eigenvalue weighted by atomic mass is 10.1. The van der Waals surface area contributed by atoms with Crippen LogP contribution in [0.25, 0.3) is 0 Å². The summed E-state index contributed by atoms with van der Waals surface area (Å²) in [6, 6.07) is 0. The third kappa shape index (κ3) is 48.2. The number of aliphatic hydroxyl groups is 1. The molecule has 0 bridgehead atoms. The summed E-state index contributed by atoms with van der Waals surface area (Å²) in [5.41, 5.74) is 0. The second-order valence-corrected chi connectivity index (χ2v) is 19.5. The van der Waals surface area contributed by atoms with Crippen molar-refractivity contribution in [3.05, 3.63) is 60.8 Å². The van der Waals surface area contributed by atoms with Crippen molar-refractivity contribution in [1.29, 1.82) is 0 Å². The van der Waals surface area contributed by atoms with E-state index in [-0.39, 0.29) is 25.9 Å². The van der Waals surface area contributed by atoms with E-state index in [0.29, 0.717) is 19.3 Å². The van der Waals surface area contributed by atoms with Gasteiger partial charge in [-0.3, -0.25) is 23.4 Å². The lowest BCUT2D eigenvalue weighted by molar-refractivity contribution is -0.161. The Morgan fingerprint density at radius 1 is 0.426 bits per heavy atom. The number of allylic oxidation sites excluding steroid dienone is 10. The molecule has 0 aromatic carbocycles. The molecule has 0 rings (SSSR count). The molecule has 394 valence electrons. The summed E-state index contributed by atoms with van der Waals surface area (Å²) in [6.45, 7) is 4.43. The lowest BCUT2D eigenvalue weighted by Gasteiger charge is -2.21. The standard InChI is InChI=1S/C56H99O11P/c1-4-7-10-13-16-19-22-24-25-26-27-29-31-33-36-39-42-45-54(58)63-49-53(67-56(60)47-44-41-38-35-32-28-23-20-17-14-11-8-5-2)51-65-68(61,62)64-50-52(48-57)66-55(59)46-43-40-37-34-30-21-18-15-12-9-6-3/h7,10-11,14,16,19-20,23-25,52-53,57H,4-6,8-9,12-13,15,17-18,21-22,26-51H2,1-3H3,(H,61,62)/b10-7-,14-11-,19-16-,23-20-,25-24-. The molecule has 0 aliphatic carbocycles. The van der Waals surface area contributed by atoms with Crippen molar-refractivity contribution >= 4 is 25.7 Å². The molecule has 0 fully saturated rings. The van der Waals surface area contributed by atoms with E-state index in [0.717, 1.165) is 122 Å². The Bertz CT molecular complexity index is 1370. The molecule has 0 aromatic heterocycles. The number of aliphatic hydroxyl groups excluding tert-OH is 1. The summed E-state index contributed by atoms with van der Waals surface area (Å²) in [5, 5.41) is 9.77. The highest BCUT2D eigenvalue weighted by Crippen LogP contribution is 2.43. The molecule has 0 aliphatic rings. The van der Waals surface area contributed by atoms with E-state index in [2.05, 4.69) is 81.5 Å². The maximum absolute atomic E-state index is 12.9. The average molecular weight is 979 g/mol. The normalized spacial score (nSPS) is 13.9. The molecule has 0 radical (unpaired) electrons. The molecular formula is C56H99O11P. The quantitative estimate of drug-likeness (QED) is 0.0197. The molecule has 0 saturated heterocycles. The molecule has 3 unspecified atom stereocenters. The van der Waals surface area contributed by atoms with Crippen molar-refractivity contribution < 1.29 is 52.2 Å². The number of hydrogen-bond donors (Lipinski definition) is 2. The molecule has 0 aliphatic heterocycles. The summed E-state index contributed by atoms with van der Waals surface area (Å²) >= 11 is 0. The van der Waals surface area contributed by atoms with Gasteiger partial charge in [-0.2, -0.15) is 0 Å². The number of phosphoric acid groups is 1. The molecule has 12 heteroatoms. The zero-order valence-electron chi connectivity index (χ0n) is 43.3. The number of ether oxygens (including phenoxy) is 3. The number of unbranched alkanes of at least 4 members (excludes halogenated alkanes) is 23. The first-order chi connectivity index (χ1) is 33.2. The summed E-state index contributed by atoms with van der Waals surface area (Å²) in [4.78, 5) is 48.4. The monoisotopic (exact) mass is 979 g/mol. The molecule has 0 saturated carbocycles. The van der Waals surface area contributed by atoms with Crippen LogP contribution in [0.3, 0.4) is 0 Å². The largest absolute Gasteiger partial charge is 0.472 e. The minimum atomic E-state index is -4.74. The maximum Gasteiger partial charge on any atom is 0.472 e. The Balaban J connectivity index is 4.74. The van der Waals surface area contributed by atoms with Gasteiger partial charge in [0.1, 0.15) is 12.7 Å². The van der Waals surface area contributed by atoms with E-state index in [1.54, 1.807) is 0 Å². The lowest BCUT2D eigenvalue weighted by Crippen LogP contribution is -2.30. The van der Waals surface area contributed by atoms with Gasteiger partial charge in [-0.25, -0.2) is 4.57 Å². The third-order valence-corrected chi connectivity index (χ3v) is 12.4. The van der Waals surface area contributed by atoms with Crippen LogP contribution < -0.4 is 0 Å². The van der Waals surface area contributed by atoms with E-state index >= 15 is 0 Å². The second-order valence-electron chi connectivity index (χ2n) is 18.0. The Kier molecular flexibility index (Phi) is 48.5. The topological polar surface area (TPSA) is 155 Å². The van der Waals surface area contributed by atoms with Gasteiger partial charge in [0.2, 0.25) is 0 Å². The summed E-state index contributed by atoms with van der Waals surface area (Å²) in [5.74, 6) is -1.49. The molecule has 0 amide bonds. The van der Waals surface area contributed by atoms with Crippen LogP contribution in [0.4, 0.5) is 0 Å². The highest BCUT2D eigenvalue weighted by atomic mass is 31.2. The van der Waals surface area contributed by atoms with Crippen molar-refractivity contribution in [2.75, 3.05) is 26.4 Å². The average Bonchev–Trinajstić information content (AvgIpc) is 3.32. The number of carbonyl (C=O) groups is 3. The number of carbonyl (C=O) groups excluding carboxylic acids is 3. The van der Waals surface area contributed by atoms with Gasteiger partial charge in [0, 0.05) is 19.3 Å². The Morgan fingerprint density at radius 3 is 1.24 bits per heavy atom. The molecule has 0 aromatic rings. The molecular weight excluding hydrogens is 880 g/mol. The van der Waals surface area contributed by atoms with Gasteiger partial charge in [0.05, 0.1) is 19.8 Å². The summed E-state index contributed by atoms with van der Waals surface area (Å²) in [7, 11) is -4.74. The van der Waals surface area contributed by atoms with Crippen molar-refractivity contribution in [2.45, 2.75) is 251 Å². The molecule has 68 heavy (non-hydrogen) atoms. The minimum absolute atomic E-state index is 0.149. The van der Waals surface area contributed by atoms with Crippen LogP contribution in [0.1, 0.15) is 239 Å². The van der Waals surface area contributed by atoms with Crippen LogP contribution in [-0.4, -0.2) is 66.5 Å². The summed E-state index contributed by atoms with van der Waals surface area (Å²) < 4.78 is 39.4. The first kappa shape index (κ1) is 65.2. The molecule has 11 nitrogen and oxygen atoms in total. The van der Waals surface area contributed by atoms with Crippen LogP contribution in [0.2, 0.25) is 0 Å². The minimum Gasteiger partial charge on any atom is -0.462 e. The van der Waals surface area contributed by atoms with Crippen LogP contribution in [-0.2, 0) is 42.2 Å². The fourth-order valence-corrected chi connectivity index (χ4v) is 8.07. The molecule has 3 atom stereocenters. The molecule has 0 spiro atoms. The zero-order chi connectivity index (χ0) is 49.9. The number of esters is 3. The van der Waals surface area contributed by atoms with Crippen LogP contribution >= 0.6 is 7.82 Å². The van der Waals surface area contributed by atoms with Crippen molar-refractivity contribution in [2.24, 2.45) is 0 Å². The molecule has 2 N–H and O–H groups in total. The van der Waals surface area contributed by atoms with E-state index in [1.807, 2.05) is 0 Å². The fraction of sp³-hybridized carbons (Fsp3) is 0.768. The Hall–Kier alpha value is -2.82. The second kappa shape index (κ2) is 50.6. The number of rotatable bonds is 50. The van der Waals surface area contributed by atoms with Crippen LogP contribution in [0, 0.1) is 0 Å². The van der Waals surface area contributed by atoms with Gasteiger partial charge in [-0.05, 0) is 77.0 Å². The van der Waals surface area contributed by atoms with E-state index < -0.39 is 57.8 Å². The fourth-order valence-electron chi connectivity index (χ4n) is 7.29. The van der Waals surface area contributed by atoms with Crippen LogP contribution in [0.5, 0.6) is 0 Å². The van der Waals surface area contributed by atoms with Crippen molar-refractivity contribution in [1.82, 2.24) is 0 Å². The van der Waals surface area contributed by atoms with E-state index in [9.17, 15) is 28.9 Å². The predicted molar refractivity (Wildman–Crippen MR) is 279 cm³/mol. The van der Waals surface area contributed by atoms with Gasteiger partial charge < -0.3 is 24.2 Å². The van der Waals surface area contributed by atoms with Gasteiger partial charge >= 0.3 is 25.7 Å². The predicted octanol–water partition coefficient (Wildman–Crippen LogP) is 15.6. The highest BCUT2D eigenvalue weighted by molar-refractivity contribution is 7.47. The Morgan fingerprint density at radius 2 is 0.794 bits per heavy atom. The third-order valence-electron chi connectivity index (χ3n) is 11.4. The first-order valence-corrected chi connectivity index (χ1v) is 28.7. The van der Waals surface area contributed by atoms with Crippen molar-refractivity contribution in [3.63, 3.8) is 0 Å². The van der Waals surface area contributed by atoms with Crippen LogP contribution in [0.15, 0.2) is 60.8 Å². The van der Waals surface area contributed by atoms with Gasteiger partial charge in [-0.15, -0.1) is 0 Å². The van der Waals surface area contributed by atoms with E-state index in [4.69, 9.17) is 23.3 Å². The Labute approximate surface area is 415 Å². The molecule has 0 heterocycles. The zero-order valence-corrected chi connectivity index (χ0v) is 44.2.